The Morgan fingerprint density at radius 1 is 1.10 bits per heavy atom. The van der Waals surface area contributed by atoms with Gasteiger partial charge in [-0.3, -0.25) is 9.78 Å². The molecule has 21 heavy (non-hydrogen) atoms. The Labute approximate surface area is 121 Å². The van der Waals surface area contributed by atoms with Crippen LogP contribution in [-0.2, 0) is 6.54 Å². The minimum atomic E-state index is -0.216. The van der Waals surface area contributed by atoms with Crippen LogP contribution in [0.1, 0.15) is 15.9 Å². The zero-order valence-electron chi connectivity index (χ0n) is 11.2. The van der Waals surface area contributed by atoms with E-state index in [0.717, 1.165) is 11.1 Å². The van der Waals surface area contributed by atoms with Gasteiger partial charge in [0.2, 0.25) is 0 Å². The second kappa shape index (κ2) is 6.00. The predicted octanol–water partition coefficient (Wildman–Crippen LogP) is 2.67. The van der Waals surface area contributed by atoms with Crippen LogP contribution in [0.4, 0.5) is 0 Å². The van der Waals surface area contributed by atoms with E-state index in [-0.39, 0.29) is 5.91 Å². The second-order valence-corrected chi connectivity index (χ2v) is 4.47. The zero-order valence-corrected chi connectivity index (χ0v) is 11.2. The van der Waals surface area contributed by atoms with Gasteiger partial charge in [0.05, 0.1) is 6.20 Å². The van der Waals surface area contributed by atoms with Crippen LogP contribution >= 0.6 is 0 Å². The molecule has 1 aromatic carbocycles. The fraction of sp³-hybridized carbons (Fsp3) is 0.0625. The lowest BCUT2D eigenvalue weighted by molar-refractivity contribution is 0.0951. The molecule has 0 unspecified atom stereocenters. The van der Waals surface area contributed by atoms with Gasteiger partial charge in [0.25, 0.3) is 5.91 Å². The number of pyridine rings is 1. The largest absolute Gasteiger partial charge is 0.355 e. The van der Waals surface area contributed by atoms with Crippen molar-refractivity contribution in [1.82, 2.24) is 15.5 Å². The molecule has 0 aliphatic carbocycles. The van der Waals surface area contributed by atoms with E-state index in [9.17, 15) is 4.79 Å². The molecule has 2 heterocycles. The summed E-state index contributed by atoms with van der Waals surface area (Å²) in [5, 5.41) is 6.57. The first-order chi connectivity index (χ1) is 10.3. The molecule has 2 aromatic heterocycles. The van der Waals surface area contributed by atoms with Crippen molar-refractivity contribution < 1.29 is 9.32 Å². The highest BCUT2D eigenvalue weighted by Crippen LogP contribution is 2.23. The highest BCUT2D eigenvalue weighted by Gasteiger charge is 2.17. The van der Waals surface area contributed by atoms with Crippen molar-refractivity contribution in [2.45, 2.75) is 6.54 Å². The topological polar surface area (TPSA) is 68.0 Å². The summed E-state index contributed by atoms with van der Waals surface area (Å²) >= 11 is 0. The maximum atomic E-state index is 12.2. The summed E-state index contributed by atoms with van der Waals surface area (Å²) in [6, 6.07) is 13.1. The lowest BCUT2D eigenvalue weighted by atomic mass is 10.1. The van der Waals surface area contributed by atoms with Gasteiger partial charge in [-0.15, -0.1) is 0 Å². The highest BCUT2D eigenvalue weighted by atomic mass is 16.5. The van der Waals surface area contributed by atoms with E-state index in [0.29, 0.717) is 17.9 Å². The predicted molar refractivity (Wildman–Crippen MR) is 77.3 cm³/mol. The van der Waals surface area contributed by atoms with Gasteiger partial charge in [-0.1, -0.05) is 35.5 Å². The molecule has 3 rings (SSSR count). The molecule has 3 aromatic rings. The van der Waals surface area contributed by atoms with Crippen molar-refractivity contribution in [3.63, 3.8) is 0 Å². The van der Waals surface area contributed by atoms with E-state index in [4.69, 9.17) is 4.52 Å². The monoisotopic (exact) mass is 279 g/mol. The third-order valence-corrected chi connectivity index (χ3v) is 3.05. The first kappa shape index (κ1) is 13.1. The number of carbonyl (C=O) groups excluding carboxylic acids is 1. The molecular weight excluding hydrogens is 266 g/mol. The van der Waals surface area contributed by atoms with Crippen molar-refractivity contribution in [2.75, 3.05) is 0 Å². The number of nitrogens with zero attached hydrogens (tertiary/aromatic N) is 2. The quantitative estimate of drug-likeness (QED) is 0.797. The van der Waals surface area contributed by atoms with E-state index in [1.54, 1.807) is 12.4 Å². The average molecular weight is 279 g/mol. The van der Waals surface area contributed by atoms with Crippen LogP contribution in [0.5, 0.6) is 0 Å². The standard InChI is InChI=1S/C16H13N3O2/c20-16(18-10-12-6-8-17-9-7-12)14-11-19-21-15(14)13-4-2-1-3-5-13/h1-9,11H,10H2,(H,18,20). The van der Waals surface area contributed by atoms with Crippen LogP contribution in [0, 0.1) is 0 Å². The zero-order chi connectivity index (χ0) is 14.5. The lowest BCUT2D eigenvalue weighted by Crippen LogP contribution is -2.22. The summed E-state index contributed by atoms with van der Waals surface area (Å²) in [5.74, 6) is 0.259. The average Bonchev–Trinajstić information content (AvgIpc) is 3.04. The Balaban J connectivity index is 1.76. The summed E-state index contributed by atoms with van der Waals surface area (Å²) in [6.07, 6.45) is 4.82. The number of aromatic nitrogens is 2. The molecule has 1 N–H and O–H groups in total. The van der Waals surface area contributed by atoms with Crippen LogP contribution in [0.3, 0.4) is 0 Å². The Hall–Kier alpha value is -2.95. The van der Waals surface area contributed by atoms with E-state index in [2.05, 4.69) is 15.5 Å². The van der Waals surface area contributed by atoms with Gasteiger partial charge in [0.15, 0.2) is 5.76 Å². The Morgan fingerprint density at radius 3 is 2.62 bits per heavy atom. The van der Waals surface area contributed by atoms with Gasteiger partial charge in [0, 0.05) is 24.5 Å². The smallest absolute Gasteiger partial charge is 0.257 e. The first-order valence-corrected chi connectivity index (χ1v) is 6.52. The number of rotatable bonds is 4. The maximum Gasteiger partial charge on any atom is 0.257 e. The molecule has 0 radical (unpaired) electrons. The molecule has 5 heteroatoms. The van der Waals surface area contributed by atoms with Crippen LogP contribution in [0.25, 0.3) is 11.3 Å². The molecule has 1 amide bonds. The fourth-order valence-corrected chi connectivity index (χ4v) is 1.98. The van der Waals surface area contributed by atoms with Crippen molar-refractivity contribution in [3.8, 4) is 11.3 Å². The number of benzene rings is 1. The van der Waals surface area contributed by atoms with Crippen LogP contribution < -0.4 is 5.32 Å². The third-order valence-electron chi connectivity index (χ3n) is 3.05. The minimum absolute atomic E-state index is 0.216. The van der Waals surface area contributed by atoms with Gasteiger partial charge in [0.1, 0.15) is 5.56 Å². The van der Waals surface area contributed by atoms with E-state index in [1.165, 1.54) is 6.20 Å². The van der Waals surface area contributed by atoms with Crippen LogP contribution in [0.2, 0.25) is 0 Å². The summed E-state index contributed by atoms with van der Waals surface area (Å²) < 4.78 is 5.20. The fourth-order valence-electron chi connectivity index (χ4n) is 1.98. The van der Waals surface area contributed by atoms with Crippen LogP contribution in [0.15, 0.2) is 65.6 Å². The molecule has 5 nitrogen and oxygen atoms in total. The number of hydrogen-bond donors (Lipinski definition) is 1. The van der Waals surface area contributed by atoms with Crippen molar-refractivity contribution in [3.05, 3.63) is 72.2 Å². The van der Waals surface area contributed by atoms with Crippen molar-refractivity contribution in [1.29, 1.82) is 0 Å². The van der Waals surface area contributed by atoms with Crippen LogP contribution in [-0.4, -0.2) is 16.0 Å². The Morgan fingerprint density at radius 2 is 1.86 bits per heavy atom. The summed E-state index contributed by atoms with van der Waals surface area (Å²) in [6.45, 7) is 0.431. The van der Waals surface area contributed by atoms with E-state index in [1.807, 2.05) is 42.5 Å². The normalized spacial score (nSPS) is 10.3. The van der Waals surface area contributed by atoms with Gasteiger partial charge >= 0.3 is 0 Å². The molecule has 0 saturated carbocycles. The highest BCUT2D eigenvalue weighted by molar-refractivity contribution is 5.99. The minimum Gasteiger partial charge on any atom is -0.355 e. The molecule has 0 aliphatic rings. The molecular formula is C16H13N3O2. The molecule has 0 spiro atoms. The Bertz CT molecular complexity index is 724. The van der Waals surface area contributed by atoms with Crippen molar-refractivity contribution in [2.24, 2.45) is 0 Å². The summed E-state index contributed by atoms with van der Waals surface area (Å²) in [7, 11) is 0. The maximum absolute atomic E-state index is 12.2. The molecule has 0 saturated heterocycles. The van der Waals surface area contributed by atoms with Gasteiger partial charge in [-0.05, 0) is 17.7 Å². The molecule has 0 bridgehead atoms. The first-order valence-electron chi connectivity index (χ1n) is 6.52. The van der Waals surface area contributed by atoms with Gasteiger partial charge in [-0.25, -0.2) is 0 Å². The third kappa shape index (κ3) is 2.97. The number of nitrogens with one attached hydrogen (secondary N) is 1. The van der Waals surface area contributed by atoms with Gasteiger partial charge in [-0.2, -0.15) is 0 Å². The van der Waals surface area contributed by atoms with Crippen molar-refractivity contribution >= 4 is 5.91 Å². The SMILES string of the molecule is O=C(NCc1ccncc1)c1cnoc1-c1ccccc1. The summed E-state index contributed by atoms with van der Waals surface area (Å²) in [5.41, 5.74) is 2.23. The summed E-state index contributed by atoms with van der Waals surface area (Å²) in [4.78, 5) is 16.2. The second-order valence-electron chi connectivity index (χ2n) is 4.47. The number of carbonyl (C=O) groups is 1. The number of hydrogen-bond acceptors (Lipinski definition) is 4. The molecule has 0 atom stereocenters. The van der Waals surface area contributed by atoms with E-state index < -0.39 is 0 Å². The molecule has 0 aliphatic heterocycles. The lowest BCUT2D eigenvalue weighted by Gasteiger charge is -2.04. The van der Waals surface area contributed by atoms with Gasteiger partial charge < -0.3 is 9.84 Å². The number of amides is 1. The molecule has 104 valence electrons. The van der Waals surface area contributed by atoms with E-state index >= 15 is 0 Å². The molecule has 0 fully saturated rings. The Kier molecular flexibility index (Phi) is 3.73.